The zero-order chi connectivity index (χ0) is 14.6. The molecule has 0 N–H and O–H groups in total. The summed E-state index contributed by atoms with van der Waals surface area (Å²) in [7, 11) is 0. The molecule has 2 nitrogen and oxygen atoms in total. The lowest BCUT2D eigenvalue weighted by Gasteiger charge is -2.24. The number of thiol groups is 1. The number of benzene rings is 1. The Balaban J connectivity index is 2.99. The molecule has 0 atom stereocenters. The maximum absolute atomic E-state index is 12.4. The van der Waals surface area contributed by atoms with Gasteiger partial charge in [0, 0.05) is 15.9 Å². The van der Waals surface area contributed by atoms with Gasteiger partial charge in [-0.15, -0.1) is 12.6 Å². The normalized spacial score (nSPS) is 11.5. The van der Waals surface area contributed by atoms with E-state index in [4.69, 9.17) is 0 Å². The van der Waals surface area contributed by atoms with E-state index in [1.807, 2.05) is 0 Å². The predicted octanol–water partition coefficient (Wildman–Crippen LogP) is 4.15. The van der Waals surface area contributed by atoms with Gasteiger partial charge in [0.05, 0.1) is 5.56 Å². The number of carbonyl (C=O) groups is 1. The molecular weight excluding hydrogens is 343 g/mol. The lowest BCUT2D eigenvalue weighted by Crippen LogP contribution is -2.39. The van der Waals surface area contributed by atoms with Gasteiger partial charge in [-0.05, 0) is 24.6 Å². The van der Waals surface area contributed by atoms with Crippen molar-refractivity contribution in [2.75, 3.05) is 13.1 Å². The number of rotatable bonds is 4. The van der Waals surface area contributed by atoms with Crippen LogP contribution in [0, 0.1) is 0 Å². The largest absolute Gasteiger partial charge is 0.406 e. The Morgan fingerprint density at radius 3 is 2.53 bits per heavy atom. The van der Waals surface area contributed by atoms with Crippen LogP contribution in [-0.4, -0.2) is 30.1 Å². The fourth-order valence-corrected chi connectivity index (χ4v) is 2.44. The van der Waals surface area contributed by atoms with Crippen molar-refractivity contribution in [1.29, 1.82) is 0 Å². The van der Waals surface area contributed by atoms with Crippen LogP contribution in [0.4, 0.5) is 13.2 Å². The lowest BCUT2D eigenvalue weighted by molar-refractivity contribution is -0.140. The van der Waals surface area contributed by atoms with Crippen LogP contribution in [0.25, 0.3) is 0 Å². The van der Waals surface area contributed by atoms with Crippen LogP contribution >= 0.6 is 28.6 Å². The molecule has 1 rings (SSSR count). The molecule has 0 saturated carbocycles. The molecule has 0 fully saturated rings. The van der Waals surface area contributed by atoms with Crippen molar-refractivity contribution in [1.82, 2.24) is 4.90 Å². The minimum absolute atomic E-state index is 0.0572. The van der Waals surface area contributed by atoms with Crippen LogP contribution in [0.5, 0.6) is 0 Å². The highest BCUT2D eigenvalue weighted by Crippen LogP contribution is 2.23. The molecule has 0 saturated heterocycles. The van der Waals surface area contributed by atoms with Crippen LogP contribution in [0.3, 0.4) is 0 Å². The lowest BCUT2D eigenvalue weighted by atomic mass is 10.2. The third kappa shape index (κ3) is 5.06. The summed E-state index contributed by atoms with van der Waals surface area (Å²) in [6.07, 6.45) is -3.95. The molecule has 0 heterocycles. The molecule has 0 spiro atoms. The highest BCUT2D eigenvalue weighted by molar-refractivity contribution is 9.10. The number of amides is 1. The summed E-state index contributed by atoms with van der Waals surface area (Å²) in [4.78, 5) is 13.3. The Labute approximate surface area is 123 Å². The molecular formula is C12H13BrF3NOS. The Morgan fingerprint density at radius 1 is 1.42 bits per heavy atom. The molecule has 1 aromatic rings. The SMILES string of the molecule is CCCN(CC(F)(F)F)C(=O)c1ccc(Br)cc1S. The van der Waals surface area contributed by atoms with E-state index in [0.717, 1.165) is 4.90 Å². The van der Waals surface area contributed by atoms with Crippen molar-refractivity contribution in [3.8, 4) is 0 Å². The first-order valence-electron chi connectivity index (χ1n) is 5.59. The summed E-state index contributed by atoms with van der Waals surface area (Å²) in [6.45, 7) is 0.532. The molecule has 0 aliphatic rings. The number of alkyl halides is 3. The molecule has 0 aliphatic carbocycles. The minimum Gasteiger partial charge on any atom is -0.330 e. The van der Waals surface area contributed by atoms with Gasteiger partial charge in [-0.25, -0.2) is 0 Å². The molecule has 1 aromatic carbocycles. The fraction of sp³-hybridized carbons (Fsp3) is 0.417. The summed E-state index contributed by atoms with van der Waals surface area (Å²) in [5.74, 6) is -0.656. The second-order valence-electron chi connectivity index (χ2n) is 4.00. The highest BCUT2D eigenvalue weighted by Gasteiger charge is 2.33. The van der Waals surface area contributed by atoms with Gasteiger partial charge >= 0.3 is 6.18 Å². The van der Waals surface area contributed by atoms with Gasteiger partial charge in [0.1, 0.15) is 6.54 Å². The number of hydrogen-bond acceptors (Lipinski definition) is 2. The van der Waals surface area contributed by atoms with Crippen molar-refractivity contribution in [3.63, 3.8) is 0 Å². The Morgan fingerprint density at radius 2 is 2.05 bits per heavy atom. The number of hydrogen-bond donors (Lipinski definition) is 1. The maximum Gasteiger partial charge on any atom is 0.406 e. The first-order chi connectivity index (χ1) is 8.74. The average Bonchev–Trinajstić information content (AvgIpc) is 2.26. The fourth-order valence-electron chi connectivity index (χ4n) is 1.59. The van der Waals surface area contributed by atoms with E-state index in [1.165, 1.54) is 6.07 Å². The molecule has 1 amide bonds. The number of nitrogens with zero attached hydrogens (tertiary/aromatic N) is 1. The maximum atomic E-state index is 12.4. The van der Waals surface area contributed by atoms with E-state index in [0.29, 0.717) is 15.8 Å². The van der Waals surface area contributed by atoms with E-state index >= 15 is 0 Å². The standard InChI is InChI=1S/C12H13BrF3NOS/c1-2-5-17(7-12(14,15)16)11(18)9-4-3-8(13)6-10(9)19/h3-4,6,19H,2,5,7H2,1H3. The zero-order valence-corrected chi connectivity index (χ0v) is 12.6. The average molecular weight is 356 g/mol. The van der Waals surface area contributed by atoms with Crippen LogP contribution < -0.4 is 0 Å². The van der Waals surface area contributed by atoms with Gasteiger partial charge in [0.15, 0.2) is 0 Å². The van der Waals surface area contributed by atoms with Gasteiger partial charge in [0.2, 0.25) is 0 Å². The number of halogens is 4. The topological polar surface area (TPSA) is 20.3 Å². The first-order valence-corrected chi connectivity index (χ1v) is 6.83. The van der Waals surface area contributed by atoms with Gasteiger partial charge < -0.3 is 4.90 Å². The molecule has 0 radical (unpaired) electrons. The third-order valence-electron chi connectivity index (χ3n) is 2.34. The van der Waals surface area contributed by atoms with Crippen LogP contribution in [0.15, 0.2) is 27.6 Å². The summed E-state index contributed by atoms with van der Waals surface area (Å²) in [5.41, 5.74) is 0.171. The monoisotopic (exact) mass is 355 g/mol. The Kier molecular flexibility index (Phi) is 5.73. The van der Waals surface area contributed by atoms with Crippen LogP contribution in [0.2, 0.25) is 0 Å². The minimum atomic E-state index is -4.41. The predicted molar refractivity (Wildman–Crippen MR) is 73.6 cm³/mol. The van der Waals surface area contributed by atoms with Crippen LogP contribution in [0.1, 0.15) is 23.7 Å². The Bertz CT molecular complexity index is 465. The van der Waals surface area contributed by atoms with Crippen molar-refractivity contribution in [2.24, 2.45) is 0 Å². The van der Waals surface area contributed by atoms with Crippen molar-refractivity contribution < 1.29 is 18.0 Å². The van der Waals surface area contributed by atoms with E-state index in [1.54, 1.807) is 19.1 Å². The third-order valence-corrected chi connectivity index (χ3v) is 3.20. The Hall–Kier alpha value is -0.690. The van der Waals surface area contributed by atoms with Gasteiger partial charge in [-0.3, -0.25) is 4.79 Å². The van der Waals surface area contributed by atoms with Crippen molar-refractivity contribution >= 4 is 34.5 Å². The second-order valence-corrected chi connectivity index (χ2v) is 5.40. The highest BCUT2D eigenvalue weighted by atomic mass is 79.9. The molecule has 106 valence electrons. The second kappa shape index (κ2) is 6.65. The summed E-state index contributed by atoms with van der Waals surface area (Å²) >= 11 is 7.33. The van der Waals surface area contributed by atoms with Gasteiger partial charge in [-0.1, -0.05) is 22.9 Å². The van der Waals surface area contributed by atoms with Gasteiger partial charge in [0.25, 0.3) is 5.91 Å². The van der Waals surface area contributed by atoms with E-state index in [2.05, 4.69) is 28.6 Å². The molecule has 0 aliphatic heterocycles. The van der Waals surface area contributed by atoms with Crippen molar-refractivity contribution in [2.45, 2.75) is 24.4 Å². The molecule has 19 heavy (non-hydrogen) atoms. The van der Waals surface area contributed by atoms with E-state index in [9.17, 15) is 18.0 Å². The molecule has 0 unspecified atom stereocenters. The van der Waals surface area contributed by atoms with Crippen LogP contribution in [-0.2, 0) is 0 Å². The first kappa shape index (κ1) is 16.4. The van der Waals surface area contributed by atoms with Crippen molar-refractivity contribution in [3.05, 3.63) is 28.2 Å². The zero-order valence-electron chi connectivity index (χ0n) is 10.2. The summed E-state index contributed by atoms with van der Waals surface area (Å²) in [6, 6.07) is 4.65. The molecule has 0 aromatic heterocycles. The van der Waals surface area contributed by atoms with E-state index < -0.39 is 18.6 Å². The molecule has 0 bridgehead atoms. The van der Waals surface area contributed by atoms with Gasteiger partial charge in [-0.2, -0.15) is 13.2 Å². The smallest absolute Gasteiger partial charge is 0.330 e. The number of carbonyl (C=O) groups excluding carboxylic acids is 1. The quantitative estimate of drug-likeness (QED) is 0.804. The summed E-state index contributed by atoms with van der Waals surface area (Å²) < 4.78 is 38.1. The van der Waals surface area contributed by atoms with E-state index in [-0.39, 0.29) is 12.1 Å². The summed E-state index contributed by atoms with van der Waals surface area (Å²) in [5, 5.41) is 0. The molecule has 7 heteroatoms.